The third-order valence-corrected chi connectivity index (χ3v) is 4.30. The summed E-state index contributed by atoms with van der Waals surface area (Å²) in [6.45, 7) is 3.31. The molecule has 2 N–H and O–H groups in total. The Balaban J connectivity index is 2.22. The fraction of sp³-hybridized carbons (Fsp3) is 0.562. The van der Waals surface area contributed by atoms with Gasteiger partial charge in [0.2, 0.25) is 0 Å². The Hall–Kier alpha value is -0.930. The zero-order valence-electron chi connectivity index (χ0n) is 11.7. The van der Waals surface area contributed by atoms with E-state index in [-0.39, 0.29) is 0 Å². The quantitative estimate of drug-likeness (QED) is 0.804. The van der Waals surface area contributed by atoms with E-state index in [4.69, 9.17) is 18.0 Å². The second-order valence-electron chi connectivity index (χ2n) is 5.37. The van der Waals surface area contributed by atoms with Crippen LogP contribution in [0.5, 0.6) is 0 Å². The molecular weight excluding hydrogens is 252 g/mol. The number of nitrogens with two attached hydrogens (primary N) is 1. The lowest BCUT2D eigenvalue weighted by atomic mass is 9.99. The third-order valence-electron chi connectivity index (χ3n) is 4.14. The Morgan fingerprint density at radius 3 is 2.47 bits per heavy atom. The Kier molecular flexibility index (Phi) is 5.34. The first kappa shape index (κ1) is 14.5. The molecule has 1 atom stereocenters. The van der Waals surface area contributed by atoms with Gasteiger partial charge in [-0.2, -0.15) is 0 Å². The molecule has 1 aliphatic rings. The average molecular weight is 276 g/mol. The lowest BCUT2D eigenvalue weighted by molar-refractivity contribution is 0.147. The van der Waals surface area contributed by atoms with E-state index in [0.29, 0.717) is 17.1 Å². The van der Waals surface area contributed by atoms with E-state index in [1.165, 1.54) is 31.2 Å². The van der Waals surface area contributed by atoms with Crippen LogP contribution in [0.4, 0.5) is 0 Å². The van der Waals surface area contributed by atoms with E-state index < -0.39 is 0 Å². The van der Waals surface area contributed by atoms with Crippen molar-refractivity contribution in [1.82, 2.24) is 4.90 Å². The minimum atomic E-state index is 0.340. The lowest BCUT2D eigenvalue weighted by Crippen LogP contribution is -2.38. The van der Waals surface area contributed by atoms with Crippen LogP contribution in [0.3, 0.4) is 0 Å². The highest BCUT2D eigenvalue weighted by atomic mass is 32.1. The predicted molar refractivity (Wildman–Crippen MR) is 85.2 cm³/mol. The van der Waals surface area contributed by atoms with Gasteiger partial charge in [0, 0.05) is 18.5 Å². The van der Waals surface area contributed by atoms with Gasteiger partial charge in [-0.3, -0.25) is 4.90 Å². The maximum absolute atomic E-state index is 5.83. The van der Waals surface area contributed by atoms with Crippen LogP contribution in [0, 0.1) is 0 Å². The Morgan fingerprint density at radius 1 is 1.32 bits per heavy atom. The van der Waals surface area contributed by atoms with E-state index in [2.05, 4.69) is 42.2 Å². The van der Waals surface area contributed by atoms with Crippen LogP contribution in [0.2, 0.25) is 0 Å². The van der Waals surface area contributed by atoms with Crippen molar-refractivity contribution in [2.45, 2.75) is 51.1 Å². The minimum absolute atomic E-state index is 0.340. The van der Waals surface area contributed by atoms with Gasteiger partial charge >= 0.3 is 0 Å². The SMILES string of the molecule is CCN(C1CCCC1)C(CC(N)=S)c1ccccc1. The van der Waals surface area contributed by atoms with E-state index >= 15 is 0 Å². The summed E-state index contributed by atoms with van der Waals surface area (Å²) in [5, 5.41) is 0. The molecule has 0 aromatic heterocycles. The first-order chi connectivity index (χ1) is 9.22. The topological polar surface area (TPSA) is 29.3 Å². The largest absolute Gasteiger partial charge is 0.393 e. The number of nitrogens with zero attached hydrogens (tertiary/aromatic N) is 1. The van der Waals surface area contributed by atoms with Gasteiger partial charge in [0.25, 0.3) is 0 Å². The lowest BCUT2D eigenvalue weighted by Gasteiger charge is -2.36. The number of hydrogen-bond donors (Lipinski definition) is 1. The van der Waals surface area contributed by atoms with Crippen LogP contribution < -0.4 is 5.73 Å². The van der Waals surface area contributed by atoms with E-state index in [1.54, 1.807) is 0 Å². The summed E-state index contributed by atoms with van der Waals surface area (Å²) < 4.78 is 0. The summed E-state index contributed by atoms with van der Waals surface area (Å²) in [5.41, 5.74) is 7.16. The summed E-state index contributed by atoms with van der Waals surface area (Å²) >= 11 is 5.16. The summed E-state index contributed by atoms with van der Waals surface area (Å²) in [4.78, 5) is 3.21. The number of thiocarbonyl (C=S) groups is 1. The first-order valence-corrected chi connectivity index (χ1v) is 7.72. The highest BCUT2D eigenvalue weighted by molar-refractivity contribution is 7.80. The van der Waals surface area contributed by atoms with Gasteiger partial charge in [-0.25, -0.2) is 0 Å². The second-order valence-corrected chi connectivity index (χ2v) is 5.89. The van der Waals surface area contributed by atoms with Crippen molar-refractivity contribution >= 4 is 17.2 Å². The molecule has 1 saturated carbocycles. The molecule has 0 aliphatic heterocycles. The van der Waals surface area contributed by atoms with Gasteiger partial charge in [0.1, 0.15) is 0 Å². The third kappa shape index (κ3) is 3.77. The van der Waals surface area contributed by atoms with Crippen molar-refractivity contribution < 1.29 is 0 Å². The molecule has 2 rings (SSSR count). The molecule has 0 spiro atoms. The van der Waals surface area contributed by atoms with Crippen molar-refractivity contribution in [3.63, 3.8) is 0 Å². The molecule has 1 aromatic carbocycles. The summed E-state index contributed by atoms with van der Waals surface area (Å²) in [5.74, 6) is 0. The van der Waals surface area contributed by atoms with Gasteiger partial charge in [0.05, 0.1) is 4.99 Å². The van der Waals surface area contributed by atoms with E-state index in [0.717, 1.165) is 13.0 Å². The summed E-state index contributed by atoms with van der Waals surface area (Å²) in [6, 6.07) is 11.7. The Bertz CT molecular complexity index is 398. The number of rotatable bonds is 6. The highest BCUT2D eigenvalue weighted by Crippen LogP contribution is 2.32. The standard InChI is InChI=1S/C16H24N2S/c1-2-18(14-10-6-7-11-14)15(12-16(17)19)13-8-4-3-5-9-13/h3-5,8-9,14-15H,2,6-7,10-12H2,1H3,(H2,17,19). The van der Waals surface area contributed by atoms with Crippen LogP contribution >= 0.6 is 12.2 Å². The molecule has 104 valence electrons. The molecule has 19 heavy (non-hydrogen) atoms. The zero-order chi connectivity index (χ0) is 13.7. The fourth-order valence-electron chi connectivity index (χ4n) is 3.26. The van der Waals surface area contributed by atoms with Crippen molar-refractivity contribution in [3.05, 3.63) is 35.9 Å². The average Bonchev–Trinajstić information content (AvgIpc) is 2.93. The van der Waals surface area contributed by atoms with Crippen molar-refractivity contribution in [1.29, 1.82) is 0 Å². The van der Waals surface area contributed by atoms with Crippen LogP contribution in [0.15, 0.2) is 30.3 Å². The molecule has 1 aromatic rings. The number of benzene rings is 1. The predicted octanol–water partition coefficient (Wildman–Crippen LogP) is 3.67. The first-order valence-electron chi connectivity index (χ1n) is 7.31. The molecule has 1 fully saturated rings. The molecule has 0 amide bonds. The fourth-order valence-corrected chi connectivity index (χ4v) is 3.42. The molecule has 2 nitrogen and oxygen atoms in total. The van der Waals surface area contributed by atoms with Gasteiger partial charge in [0.15, 0.2) is 0 Å². The molecule has 0 radical (unpaired) electrons. The molecule has 0 heterocycles. The van der Waals surface area contributed by atoms with Crippen molar-refractivity contribution in [2.24, 2.45) is 5.73 Å². The number of hydrogen-bond acceptors (Lipinski definition) is 2. The maximum atomic E-state index is 5.83. The summed E-state index contributed by atoms with van der Waals surface area (Å²) in [6.07, 6.45) is 6.12. The second kappa shape index (κ2) is 7.01. The molecule has 0 saturated heterocycles. The Morgan fingerprint density at radius 2 is 1.95 bits per heavy atom. The minimum Gasteiger partial charge on any atom is -0.393 e. The van der Waals surface area contributed by atoms with Gasteiger partial charge < -0.3 is 5.73 Å². The smallest absolute Gasteiger partial charge is 0.0746 e. The van der Waals surface area contributed by atoms with Gasteiger partial charge in [-0.15, -0.1) is 0 Å². The normalized spacial score (nSPS) is 17.8. The molecular formula is C16H24N2S. The maximum Gasteiger partial charge on any atom is 0.0746 e. The van der Waals surface area contributed by atoms with Gasteiger partial charge in [-0.1, -0.05) is 62.3 Å². The van der Waals surface area contributed by atoms with E-state index in [9.17, 15) is 0 Å². The van der Waals surface area contributed by atoms with Crippen molar-refractivity contribution in [3.8, 4) is 0 Å². The molecule has 1 unspecified atom stereocenters. The monoisotopic (exact) mass is 276 g/mol. The van der Waals surface area contributed by atoms with Crippen LogP contribution in [0.1, 0.15) is 50.6 Å². The Labute approximate surface area is 122 Å². The van der Waals surface area contributed by atoms with E-state index in [1.807, 2.05) is 0 Å². The van der Waals surface area contributed by atoms with Gasteiger partial charge in [-0.05, 0) is 24.9 Å². The van der Waals surface area contributed by atoms with Crippen LogP contribution in [0.25, 0.3) is 0 Å². The zero-order valence-corrected chi connectivity index (χ0v) is 12.5. The summed E-state index contributed by atoms with van der Waals surface area (Å²) in [7, 11) is 0. The highest BCUT2D eigenvalue weighted by Gasteiger charge is 2.28. The van der Waals surface area contributed by atoms with Crippen LogP contribution in [-0.4, -0.2) is 22.5 Å². The van der Waals surface area contributed by atoms with Crippen LogP contribution in [-0.2, 0) is 0 Å². The van der Waals surface area contributed by atoms with Crippen molar-refractivity contribution in [2.75, 3.05) is 6.54 Å². The molecule has 3 heteroatoms. The molecule has 1 aliphatic carbocycles. The molecule has 0 bridgehead atoms.